The van der Waals surface area contributed by atoms with Crippen molar-refractivity contribution >= 4 is 41.0 Å². The van der Waals surface area contributed by atoms with E-state index >= 15 is 0 Å². The second-order valence-corrected chi connectivity index (χ2v) is 10.5. The molecule has 3 aliphatic heterocycles. The summed E-state index contributed by atoms with van der Waals surface area (Å²) in [6.07, 6.45) is 0. The molecule has 0 saturated carbocycles. The highest BCUT2D eigenvalue weighted by atomic mass is 16.5. The molecule has 41 heavy (non-hydrogen) atoms. The zero-order valence-corrected chi connectivity index (χ0v) is 22.1. The molecule has 3 aliphatic rings. The fourth-order valence-electron chi connectivity index (χ4n) is 6.40. The number of benzene rings is 6. The van der Waals surface area contributed by atoms with Gasteiger partial charge in [0.05, 0.1) is 17.1 Å². The standard InChI is InChI=1S/C36H23BN2O2/c1-2-10-30-27(9-1)28-23-25(19-22-29(28)37-39(30)33-13-5-8-16-36(33)41-37)24-17-20-26(21-18-24)38-31-11-3-6-14-34(31)40-35-15-7-4-12-32(35)38/h1-23H. The smallest absolute Gasteiger partial charge is 0.524 e. The summed E-state index contributed by atoms with van der Waals surface area (Å²) in [6, 6.07) is 48.9. The molecule has 0 saturated heterocycles. The molecule has 0 radical (unpaired) electrons. The number of para-hydroxylation sites is 7. The lowest BCUT2D eigenvalue weighted by Gasteiger charge is -2.33. The van der Waals surface area contributed by atoms with Gasteiger partial charge in [-0.1, -0.05) is 78.9 Å². The molecule has 3 heterocycles. The Kier molecular flexibility index (Phi) is 4.67. The van der Waals surface area contributed by atoms with E-state index in [1.807, 2.05) is 30.3 Å². The number of anilines is 5. The van der Waals surface area contributed by atoms with Gasteiger partial charge in [-0.3, -0.25) is 0 Å². The molecule has 6 aromatic carbocycles. The van der Waals surface area contributed by atoms with Crippen LogP contribution in [0.2, 0.25) is 0 Å². The van der Waals surface area contributed by atoms with E-state index in [0.29, 0.717) is 0 Å². The minimum Gasteiger partial charge on any atom is -0.536 e. The van der Waals surface area contributed by atoms with Crippen LogP contribution >= 0.6 is 0 Å². The third-order valence-corrected chi connectivity index (χ3v) is 8.26. The Labute approximate surface area is 238 Å². The molecule has 0 bridgehead atoms. The summed E-state index contributed by atoms with van der Waals surface area (Å²) in [5.41, 5.74) is 11.4. The quantitative estimate of drug-likeness (QED) is 0.210. The minimum absolute atomic E-state index is 0.171. The van der Waals surface area contributed by atoms with Crippen LogP contribution in [0, 0.1) is 0 Å². The first-order valence-electron chi connectivity index (χ1n) is 13.9. The lowest BCUT2D eigenvalue weighted by molar-refractivity contribution is 0.477. The Balaban J connectivity index is 1.12. The Morgan fingerprint density at radius 1 is 0.463 bits per heavy atom. The van der Waals surface area contributed by atoms with Crippen molar-refractivity contribution in [2.24, 2.45) is 0 Å². The summed E-state index contributed by atoms with van der Waals surface area (Å²) >= 11 is 0. The summed E-state index contributed by atoms with van der Waals surface area (Å²) in [6.45, 7) is 0. The molecule has 5 heteroatoms. The van der Waals surface area contributed by atoms with Crippen molar-refractivity contribution < 1.29 is 9.39 Å². The van der Waals surface area contributed by atoms with Gasteiger partial charge in [-0.2, -0.15) is 0 Å². The van der Waals surface area contributed by atoms with Crippen LogP contribution in [0.15, 0.2) is 140 Å². The van der Waals surface area contributed by atoms with Gasteiger partial charge in [-0.25, -0.2) is 0 Å². The van der Waals surface area contributed by atoms with E-state index < -0.39 is 0 Å². The van der Waals surface area contributed by atoms with Crippen LogP contribution in [0.3, 0.4) is 0 Å². The number of hydrogen-bond acceptors (Lipinski definition) is 4. The van der Waals surface area contributed by atoms with E-state index in [2.05, 4.69) is 119 Å². The summed E-state index contributed by atoms with van der Waals surface area (Å²) < 4.78 is 12.7. The van der Waals surface area contributed by atoms with Gasteiger partial charge in [0.2, 0.25) is 0 Å². The van der Waals surface area contributed by atoms with Crippen molar-refractivity contribution in [1.29, 1.82) is 0 Å². The molecule has 0 atom stereocenters. The van der Waals surface area contributed by atoms with Crippen molar-refractivity contribution in [3.63, 3.8) is 0 Å². The molecule has 0 unspecified atom stereocenters. The first kappa shape index (κ1) is 22.4. The fourth-order valence-corrected chi connectivity index (χ4v) is 6.40. The number of rotatable bonds is 2. The highest BCUT2D eigenvalue weighted by Crippen LogP contribution is 2.51. The first-order chi connectivity index (χ1) is 20.3. The molecule has 0 fully saturated rings. The van der Waals surface area contributed by atoms with Gasteiger partial charge in [-0.15, -0.1) is 0 Å². The molecule has 0 aliphatic carbocycles. The van der Waals surface area contributed by atoms with Crippen LogP contribution in [0.4, 0.5) is 28.4 Å². The maximum atomic E-state index is 6.49. The van der Waals surface area contributed by atoms with Crippen molar-refractivity contribution in [2.45, 2.75) is 0 Å². The molecule has 0 N–H and O–H groups in total. The SMILES string of the molecule is c1ccc2c(c1)OB1c3ccc(-c4ccc(N5c6ccccc6Oc6ccccc65)cc4)cc3-c3ccccc3N12. The average Bonchev–Trinajstić information content (AvgIpc) is 3.44. The number of ether oxygens (including phenoxy) is 1. The van der Waals surface area contributed by atoms with Gasteiger partial charge in [0.25, 0.3) is 0 Å². The van der Waals surface area contributed by atoms with Crippen LogP contribution < -0.4 is 24.6 Å². The highest BCUT2D eigenvalue weighted by Gasteiger charge is 2.44. The molecule has 0 aromatic heterocycles. The summed E-state index contributed by atoms with van der Waals surface area (Å²) in [7, 11) is -0.171. The number of hydrogen-bond donors (Lipinski definition) is 0. The number of fused-ring (bicyclic) bond motifs is 10. The molecule has 6 aromatic rings. The second-order valence-electron chi connectivity index (χ2n) is 10.5. The fraction of sp³-hybridized carbons (Fsp3) is 0. The molecule has 4 nitrogen and oxygen atoms in total. The molecule has 0 spiro atoms. The van der Waals surface area contributed by atoms with E-state index in [0.717, 1.165) is 40.0 Å². The van der Waals surface area contributed by atoms with E-state index in [1.54, 1.807) is 0 Å². The van der Waals surface area contributed by atoms with Gasteiger partial charge in [0.1, 0.15) is 5.75 Å². The van der Waals surface area contributed by atoms with Crippen molar-refractivity contribution in [1.82, 2.24) is 0 Å². The van der Waals surface area contributed by atoms with Crippen LogP contribution in [0.1, 0.15) is 0 Å². The summed E-state index contributed by atoms with van der Waals surface area (Å²) in [5.74, 6) is 2.63. The maximum Gasteiger partial charge on any atom is 0.524 e. The maximum absolute atomic E-state index is 6.49. The van der Waals surface area contributed by atoms with Crippen LogP contribution in [-0.2, 0) is 0 Å². The van der Waals surface area contributed by atoms with E-state index in [-0.39, 0.29) is 7.05 Å². The summed E-state index contributed by atoms with van der Waals surface area (Å²) in [4.78, 5) is 4.59. The van der Waals surface area contributed by atoms with Gasteiger partial charge >= 0.3 is 7.05 Å². The van der Waals surface area contributed by atoms with E-state index in [4.69, 9.17) is 9.39 Å². The van der Waals surface area contributed by atoms with Crippen LogP contribution in [0.5, 0.6) is 17.2 Å². The number of nitrogens with zero attached hydrogens (tertiary/aromatic N) is 2. The molecule has 9 rings (SSSR count). The lowest BCUT2D eigenvalue weighted by Crippen LogP contribution is -2.50. The van der Waals surface area contributed by atoms with Gasteiger partial charge < -0.3 is 19.1 Å². The molecule has 192 valence electrons. The normalized spacial score (nSPS) is 13.6. The molecular weight excluding hydrogens is 503 g/mol. The predicted octanol–water partition coefficient (Wildman–Crippen LogP) is 8.84. The van der Waals surface area contributed by atoms with Crippen LogP contribution in [-0.4, -0.2) is 7.05 Å². The van der Waals surface area contributed by atoms with E-state index in [1.165, 1.54) is 33.4 Å². The average molecular weight is 526 g/mol. The largest absolute Gasteiger partial charge is 0.536 e. The topological polar surface area (TPSA) is 24.9 Å². The van der Waals surface area contributed by atoms with Gasteiger partial charge in [0, 0.05) is 16.9 Å². The van der Waals surface area contributed by atoms with E-state index in [9.17, 15) is 0 Å². The highest BCUT2D eigenvalue weighted by molar-refractivity contribution is 6.77. The van der Waals surface area contributed by atoms with Crippen molar-refractivity contribution in [3.8, 4) is 39.5 Å². The molecular formula is C36H23BN2O2. The molecule has 0 amide bonds. The first-order valence-corrected chi connectivity index (χ1v) is 13.9. The van der Waals surface area contributed by atoms with Crippen molar-refractivity contribution in [3.05, 3.63) is 140 Å². The minimum atomic E-state index is -0.171. The Morgan fingerprint density at radius 2 is 1.05 bits per heavy atom. The third kappa shape index (κ3) is 3.29. The monoisotopic (exact) mass is 526 g/mol. The zero-order chi connectivity index (χ0) is 26.9. The Hall–Kier alpha value is -5.42. The van der Waals surface area contributed by atoms with Gasteiger partial charge in [0.15, 0.2) is 11.5 Å². The predicted molar refractivity (Wildman–Crippen MR) is 167 cm³/mol. The zero-order valence-electron chi connectivity index (χ0n) is 22.1. The van der Waals surface area contributed by atoms with Crippen LogP contribution in [0.25, 0.3) is 22.3 Å². The third-order valence-electron chi connectivity index (χ3n) is 8.26. The van der Waals surface area contributed by atoms with Gasteiger partial charge in [-0.05, 0) is 82.8 Å². The Bertz CT molecular complexity index is 1940. The van der Waals surface area contributed by atoms with Crippen molar-refractivity contribution in [2.75, 3.05) is 9.71 Å². The lowest BCUT2D eigenvalue weighted by atomic mass is 9.64. The Morgan fingerprint density at radius 3 is 1.78 bits per heavy atom. The summed E-state index contributed by atoms with van der Waals surface area (Å²) in [5, 5.41) is 0. The second kappa shape index (κ2) is 8.54.